The van der Waals surface area contributed by atoms with E-state index in [1.807, 2.05) is 19.1 Å². The van der Waals surface area contributed by atoms with Crippen LogP contribution in [0.25, 0.3) is 0 Å². The third-order valence-electron chi connectivity index (χ3n) is 3.74. The van der Waals surface area contributed by atoms with Gasteiger partial charge in [0.25, 0.3) is 0 Å². The first-order valence-corrected chi connectivity index (χ1v) is 6.74. The van der Waals surface area contributed by atoms with E-state index < -0.39 is 0 Å². The number of rotatable bonds is 5. The molecule has 0 radical (unpaired) electrons. The quantitative estimate of drug-likeness (QED) is 0.869. The highest BCUT2D eigenvalue weighted by atomic mass is 16.5. The number of methoxy groups -OCH3 is 1. The first-order valence-electron chi connectivity index (χ1n) is 6.74. The van der Waals surface area contributed by atoms with E-state index >= 15 is 0 Å². The Bertz CT molecular complexity index is 386. The molecule has 3 heteroatoms. The molecule has 0 aliphatic carbocycles. The maximum atomic E-state index is 9.25. The van der Waals surface area contributed by atoms with Gasteiger partial charge in [-0.05, 0) is 37.6 Å². The lowest BCUT2D eigenvalue weighted by atomic mass is 9.99. The van der Waals surface area contributed by atoms with E-state index in [0.29, 0.717) is 0 Å². The van der Waals surface area contributed by atoms with Gasteiger partial charge in [-0.3, -0.25) is 4.90 Å². The summed E-state index contributed by atoms with van der Waals surface area (Å²) in [6.07, 6.45) is 2.60. The number of aliphatic hydroxyl groups excluding tert-OH is 1. The minimum atomic E-state index is 0.188. The van der Waals surface area contributed by atoms with Gasteiger partial charge in [-0.25, -0.2) is 0 Å². The Morgan fingerprint density at radius 1 is 1.33 bits per heavy atom. The van der Waals surface area contributed by atoms with Crippen LogP contribution in [0.5, 0.6) is 5.75 Å². The van der Waals surface area contributed by atoms with Crippen molar-refractivity contribution in [3.8, 4) is 5.75 Å². The van der Waals surface area contributed by atoms with Gasteiger partial charge < -0.3 is 9.84 Å². The Labute approximate surface area is 109 Å². The fourth-order valence-corrected chi connectivity index (χ4v) is 2.52. The number of ether oxygens (including phenoxy) is 1. The Morgan fingerprint density at radius 2 is 2.06 bits per heavy atom. The second-order valence-corrected chi connectivity index (χ2v) is 5.14. The SMILES string of the molecule is COc1ccc(C(C)CO)cc1CN1CCCC1. The molecule has 1 aliphatic rings. The number of benzene rings is 1. The topological polar surface area (TPSA) is 32.7 Å². The monoisotopic (exact) mass is 249 g/mol. The third-order valence-corrected chi connectivity index (χ3v) is 3.74. The van der Waals surface area contributed by atoms with E-state index in [-0.39, 0.29) is 12.5 Å². The normalized spacial score (nSPS) is 17.9. The highest BCUT2D eigenvalue weighted by molar-refractivity contribution is 5.38. The standard InChI is InChI=1S/C15H23NO2/c1-12(11-17)13-5-6-15(18-2)14(9-13)10-16-7-3-4-8-16/h5-6,9,12,17H,3-4,7-8,10-11H2,1-2H3. The van der Waals surface area contributed by atoms with Crippen LogP contribution in [0.15, 0.2) is 18.2 Å². The molecule has 1 aromatic carbocycles. The lowest BCUT2D eigenvalue weighted by Gasteiger charge is -2.19. The summed E-state index contributed by atoms with van der Waals surface area (Å²) in [6, 6.07) is 6.25. The van der Waals surface area contributed by atoms with Gasteiger partial charge in [0, 0.05) is 24.6 Å². The zero-order chi connectivity index (χ0) is 13.0. The van der Waals surface area contributed by atoms with Crippen LogP contribution < -0.4 is 4.74 Å². The Balaban J connectivity index is 2.18. The summed E-state index contributed by atoms with van der Waals surface area (Å²) in [4.78, 5) is 2.46. The van der Waals surface area contributed by atoms with Crippen LogP contribution >= 0.6 is 0 Å². The summed E-state index contributed by atoms with van der Waals surface area (Å²) in [5.74, 6) is 1.14. The molecule has 18 heavy (non-hydrogen) atoms. The van der Waals surface area contributed by atoms with Crippen molar-refractivity contribution in [1.29, 1.82) is 0 Å². The summed E-state index contributed by atoms with van der Waals surface area (Å²) < 4.78 is 5.43. The van der Waals surface area contributed by atoms with Gasteiger partial charge in [0.2, 0.25) is 0 Å². The smallest absolute Gasteiger partial charge is 0.123 e. The molecule has 1 aromatic rings. The van der Waals surface area contributed by atoms with Crippen molar-refractivity contribution in [1.82, 2.24) is 4.90 Å². The first kappa shape index (κ1) is 13.4. The number of aliphatic hydroxyl groups is 1. The fourth-order valence-electron chi connectivity index (χ4n) is 2.52. The molecule has 0 amide bonds. The number of likely N-dealkylation sites (tertiary alicyclic amines) is 1. The summed E-state index contributed by atoms with van der Waals surface area (Å²) in [7, 11) is 1.72. The Hall–Kier alpha value is -1.06. The highest BCUT2D eigenvalue weighted by Gasteiger charge is 2.15. The molecule has 2 rings (SSSR count). The van der Waals surface area contributed by atoms with Gasteiger partial charge in [0.05, 0.1) is 7.11 Å². The first-order chi connectivity index (χ1) is 8.74. The van der Waals surface area contributed by atoms with Crippen molar-refractivity contribution < 1.29 is 9.84 Å². The van der Waals surface area contributed by atoms with Gasteiger partial charge in [0.15, 0.2) is 0 Å². The van der Waals surface area contributed by atoms with Crippen LogP contribution in [0, 0.1) is 0 Å². The zero-order valence-electron chi connectivity index (χ0n) is 11.4. The van der Waals surface area contributed by atoms with Crippen LogP contribution in [-0.2, 0) is 6.54 Å². The highest BCUT2D eigenvalue weighted by Crippen LogP contribution is 2.26. The maximum Gasteiger partial charge on any atom is 0.123 e. The predicted molar refractivity (Wildman–Crippen MR) is 73.0 cm³/mol. The van der Waals surface area contributed by atoms with Crippen LogP contribution in [0.1, 0.15) is 36.8 Å². The molecule has 3 nitrogen and oxygen atoms in total. The zero-order valence-corrected chi connectivity index (χ0v) is 11.4. The van der Waals surface area contributed by atoms with Crippen molar-refractivity contribution in [2.24, 2.45) is 0 Å². The van der Waals surface area contributed by atoms with E-state index in [2.05, 4.69) is 11.0 Å². The molecule has 1 heterocycles. The molecule has 0 aromatic heterocycles. The summed E-state index contributed by atoms with van der Waals surface area (Å²) in [6.45, 7) is 5.55. The van der Waals surface area contributed by atoms with Gasteiger partial charge in [-0.2, -0.15) is 0 Å². The van der Waals surface area contributed by atoms with E-state index in [9.17, 15) is 5.11 Å². The molecule has 0 saturated carbocycles. The second-order valence-electron chi connectivity index (χ2n) is 5.14. The van der Waals surface area contributed by atoms with Crippen LogP contribution in [0.3, 0.4) is 0 Å². The lowest BCUT2D eigenvalue weighted by Crippen LogP contribution is -2.19. The number of hydrogen-bond acceptors (Lipinski definition) is 3. The third kappa shape index (κ3) is 3.03. The second kappa shape index (κ2) is 6.21. The van der Waals surface area contributed by atoms with Gasteiger partial charge >= 0.3 is 0 Å². The van der Waals surface area contributed by atoms with E-state index in [1.54, 1.807) is 7.11 Å². The fraction of sp³-hybridized carbons (Fsp3) is 0.600. The Kier molecular flexibility index (Phi) is 4.61. The molecule has 1 atom stereocenters. The molecule has 1 unspecified atom stereocenters. The summed E-state index contributed by atoms with van der Waals surface area (Å²) in [5, 5.41) is 9.25. The molecule has 0 bridgehead atoms. The van der Waals surface area contributed by atoms with Crippen molar-refractivity contribution in [3.05, 3.63) is 29.3 Å². The van der Waals surface area contributed by atoms with Crippen molar-refractivity contribution >= 4 is 0 Å². The molecule has 1 aliphatic heterocycles. The summed E-state index contributed by atoms with van der Waals surface area (Å²) >= 11 is 0. The molecular weight excluding hydrogens is 226 g/mol. The van der Waals surface area contributed by atoms with Crippen molar-refractivity contribution in [2.45, 2.75) is 32.2 Å². The van der Waals surface area contributed by atoms with E-state index in [4.69, 9.17) is 4.74 Å². The minimum Gasteiger partial charge on any atom is -0.496 e. The largest absolute Gasteiger partial charge is 0.496 e. The maximum absolute atomic E-state index is 9.25. The van der Waals surface area contributed by atoms with Gasteiger partial charge in [0.1, 0.15) is 5.75 Å². The van der Waals surface area contributed by atoms with E-state index in [0.717, 1.165) is 12.3 Å². The lowest BCUT2D eigenvalue weighted by molar-refractivity contribution is 0.272. The van der Waals surface area contributed by atoms with Crippen molar-refractivity contribution in [2.75, 3.05) is 26.8 Å². The van der Waals surface area contributed by atoms with Gasteiger partial charge in [-0.1, -0.05) is 19.1 Å². The molecule has 1 N–H and O–H groups in total. The van der Waals surface area contributed by atoms with Crippen LogP contribution in [0.4, 0.5) is 0 Å². The van der Waals surface area contributed by atoms with Gasteiger partial charge in [-0.15, -0.1) is 0 Å². The molecular formula is C15H23NO2. The minimum absolute atomic E-state index is 0.188. The Morgan fingerprint density at radius 3 is 2.67 bits per heavy atom. The average molecular weight is 249 g/mol. The molecule has 100 valence electrons. The van der Waals surface area contributed by atoms with Crippen LogP contribution in [-0.4, -0.2) is 36.8 Å². The van der Waals surface area contributed by atoms with E-state index in [1.165, 1.54) is 37.1 Å². The van der Waals surface area contributed by atoms with Crippen LogP contribution in [0.2, 0.25) is 0 Å². The predicted octanol–water partition coefficient (Wildman–Crippen LogP) is 2.39. The average Bonchev–Trinajstić information content (AvgIpc) is 2.90. The molecule has 1 fully saturated rings. The molecule has 1 saturated heterocycles. The number of nitrogens with zero attached hydrogens (tertiary/aromatic N) is 1. The summed E-state index contributed by atoms with van der Waals surface area (Å²) in [5.41, 5.74) is 2.42. The molecule has 0 spiro atoms. The van der Waals surface area contributed by atoms with Crippen molar-refractivity contribution in [3.63, 3.8) is 0 Å². The number of hydrogen-bond donors (Lipinski definition) is 1.